The summed E-state index contributed by atoms with van der Waals surface area (Å²) in [5, 5.41) is 0. The van der Waals surface area contributed by atoms with Gasteiger partial charge in [0.25, 0.3) is 0 Å². The molecule has 0 aliphatic heterocycles. The molecule has 0 amide bonds. The Bertz CT molecular complexity index is 28.7. The third-order valence-corrected chi connectivity index (χ3v) is 0.987. The average Bonchev–Trinajstić information content (AvgIpc) is 1.35. The molecule has 1 atom stereocenters. The summed E-state index contributed by atoms with van der Waals surface area (Å²) in [4.78, 5) is 0. The molecule has 0 aromatic heterocycles. The maximum absolute atomic E-state index is 4.83. The van der Waals surface area contributed by atoms with Gasteiger partial charge in [-0.1, -0.05) is 0 Å². The van der Waals surface area contributed by atoms with Crippen LogP contribution in [-0.4, -0.2) is 38.8 Å². The van der Waals surface area contributed by atoms with Crippen LogP contribution in [0.2, 0.25) is 3.58 Å². The third kappa shape index (κ3) is 4.86. The molecule has 0 aromatic rings. The Morgan fingerprint density at radius 1 is 1.83 bits per heavy atom. The molecule has 0 aliphatic rings. The molecule has 0 saturated carbocycles. The van der Waals surface area contributed by atoms with Crippen molar-refractivity contribution in [3.63, 3.8) is 0 Å². The monoisotopic (exact) mass is 283 g/mol. The Morgan fingerprint density at radius 3 is 2.33 bits per heavy atom. The molecular weight excluding hydrogens is 273 g/mol. The van der Waals surface area contributed by atoms with Crippen molar-refractivity contribution in [2.45, 2.75) is 10.5 Å². The fraction of sp³-hybridized carbons (Fsp3) is 1.00. The minimum absolute atomic E-state index is 0.787. The van der Waals surface area contributed by atoms with Crippen LogP contribution in [0.25, 0.3) is 0 Å². The molecule has 1 nitrogen and oxygen atoms in total. The molecule has 0 spiro atoms. The molecule has 1 unspecified atom stereocenters. The van der Waals surface area contributed by atoms with Crippen LogP contribution in [-0.2, 0) is 4.74 Å². The first-order valence-electron chi connectivity index (χ1n) is 1.94. The van der Waals surface area contributed by atoms with Crippen molar-refractivity contribution in [2.75, 3.05) is 13.7 Å². The second-order valence-electron chi connectivity index (χ2n) is 1.30. The van der Waals surface area contributed by atoms with Crippen LogP contribution in [0.15, 0.2) is 0 Å². The van der Waals surface area contributed by atoms with Crippen LogP contribution in [0.3, 0.4) is 0 Å². The zero-order chi connectivity index (χ0) is 4.99. The van der Waals surface area contributed by atoms with Crippen molar-refractivity contribution in [3.05, 3.63) is 0 Å². The predicted octanol–water partition coefficient (Wildman–Crippen LogP) is 0.342. The first kappa shape index (κ1) is 6.86. The second-order valence-corrected chi connectivity index (χ2v) is 4.73. The topological polar surface area (TPSA) is 9.23 Å². The van der Waals surface area contributed by atoms with Gasteiger partial charge in [0.1, 0.15) is 0 Å². The quantitative estimate of drug-likeness (QED) is 0.710. The van der Waals surface area contributed by atoms with E-state index in [4.69, 9.17) is 4.74 Å². The fourth-order valence-corrected chi connectivity index (χ4v) is 0.821. The van der Waals surface area contributed by atoms with Crippen molar-refractivity contribution < 1.29 is 4.74 Å². The van der Waals surface area contributed by atoms with Crippen molar-refractivity contribution in [3.8, 4) is 0 Å². The maximum atomic E-state index is 4.83. The van der Waals surface area contributed by atoms with E-state index in [2.05, 4.69) is 6.92 Å². The summed E-state index contributed by atoms with van der Waals surface area (Å²) in [6.07, 6.45) is 0. The molecule has 0 fully saturated rings. The van der Waals surface area contributed by atoms with E-state index in [0.717, 1.165) is 10.2 Å². The van der Waals surface area contributed by atoms with Gasteiger partial charge in [-0.2, -0.15) is 0 Å². The van der Waals surface area contributed by atoms with Gasteiger partial charge in [0.05, 0.1) is 0 Å². The average molecular weight is 283 g/mol. The summed E-state index contributed by atoms with van der Waals surface area (Å²) < 4.78 is 5.62. The predicted molar refractivity (Wildman–Crippen MR) is 28.4 cm³/mol. The van der Waals surface area contributed by atoms with Crippen molar-refractivity contribution in [2.24, 2.45) is 0 Å². The van der Waals surface area contributed by atoms with Gasteiger partial charge in [-0.3, -0.25) is 0 Å². The normalized spacial score (nSPS) is 14.5. The number of rotatable bonds is 2. The van der Waals surface area contributed by atoms with Gasteiger partial charge in [-0.05, 0) is 0 Å². The Morgan fingerprint density at radius 2 is 2.33 bits per heavy atom. The van der Waals surface area contributed by atoms with Crippen LogP contribution in [0.4, 0.5) is 0 Å². The molecule has 0 aromatic carbocycles. The molecular formula is C4H10OPo. The van der Waals surface area contributed by atoms with Gasteiger partial charge < -0.3 is 0 Å². The summed E-state index contributed by atoms with van der Waals surface area (Å²) in [5.41, 5.74) is 0. The van der Waals surface area contributed by atoms with Gasteiger partial charge in [0.15, 0.2) is 0 Å². The second kappa shape index (κ2) is 4.03. The van der Waals surface area contributed by atoms with E-state index in [1.165, 1.54) is 25.1 Å². The van der Waals surface area contributed by atoms with Gasteiger partial charge in [-0.25, -0.2) is 0 Å². The number of ether oxygens (including phenoxy) is 1. The molecule has 0 aliphatic carbocycles. The zero-order valence-electron chi connectivity index (χ0n) is 4.14. The van der Waals surface area contributed by atoms with Crippen LogP contribution >= 0.6 is 0 Å². The van der Waals surface area contributed by atoms with E-state index in [1.54, 1.807) is 7.11 Å². The molecule has 38 valence electrons. The third-order valence-electron chi connectivity index (χ3n) is 0.408. The van der Waals surface area contributed by atoms with Crippen molar-refractivity contribution in [1.82, 2.24) is 0 Å². The summed E-state index contributed by atoms with van der Waals surface area (Å²) in [5.74, 6) is 0. The molecule has 6 heavy (non-hydrogen) atoms. The molecule has 0 N–H and O–H groups in total. The van der Waals surface area contributed by atoms with E-state index in [9.17, 15) is 0 Å². The molecule has 0 heterocycles. The van der Waals surface area contributed by atoms with Crippen LogP contribution in [0, 0.1) is 0 Å². The summed E-state index contributed by atoms with van der Waals surface area (Å²) >= 11 is 1.43. The van der Waals surface area contributed by atoms with Gasteiger partial charge in [0.2, 0.25) is 0 Å². The zero-order valence-corrected chi connectivity index (χ0v) is 7.62. The van der Waals surface area contributed by atoms with E-state index in [0.29, 0.717) is 0 Å². The fourth-order valence-electron chi connectivity index (χ4n) is 0.241. The first-order valence-corrected chi connectivity index (χ1v) is 3.95. The van der Waals surface area contributed by atoms with Gasteiger partial charge >= 0.3 is 54.0 Å². The number of methoxy groups -OCH3 is 1. The molecule has 0 radical (unpaired) electrons. The summed E-state index contributed by atoms with van der Waals surface area (Å²) in [7, 11) is 1.74. The molecule has 0 bridgehead atoms. The standard InChI is InChI=1S/C4H9O.Po.H/c1-3-4-5-2;;/h3H,4H2,1-2H3;;. The SMILES string of the molecule is COC[CH](C)[PoH]. The van der Waals surface area contributed by atoms with Crippen molar-refractivity contribution >= 4 is 25.1 Å². The van der Waals surface area contributed by atoms with Gasteiger partial charge in [0, 0.05) is 0 Å². The van der Waals surface area contributed by atoms with E-state index < -0.39 is 0 Å². The van der Waals surface area contributed by atoms with Crippen LogP contribution in [0.5, 0.6) is 0 Å². The van der Waals surface area contributed by atoms with Gasteiger partial charge in [-0.15, -0.1) is 0 Å². The first-order chi connectivity index (χ1) is 2.77. The molecule has 0 saturated heterocycles. The van der Waals surface area contributed by atoms with E-state index in [-0.39, 0.29) is 0 Å². The van der Waals surface area contributed by atoms with E-state index in [1.807, 2.05) is 0 Å². The summed E-state index contributed by atoms with van der Waals surface area (Å²) in [6.45, 7) is 3.10. The summed E-state index contributed by atoms with van der Waals surface area (Å²) in [6, 6.07) is 0. The minimum atomic E-state index is 0.787. The van der Waals surface area contributed by atoms with Crippen LogP contribution in [0.1, 0.15) is 6.92 Å². The molecule has 0 rings (SSSR count). The Kier molecular flexibility index (Phi) is 4.60. The number of hydrogen-bond donors (Lipinski definition) is 0. The Balaban J connectivity index is 2.63. The Labute approximate surface area is 54.2 Å². The molecule has 2 heteroatoms. The van der Waals surface area contributed by atoms with Crippen LogP contribution < -0.4 is 0 Å². The van der Waals surface area contributed by atoms with Crippen molar-refractivity contribution in [1.29, 1.82) is 0 Å². The Hall–Kier alpha value is 0.856. The van der Waals surface area contributed by atoms with E-state index >= 15 is 0 Å². The number of hydrogen-bond acceptors (Lipinski definition) is 1.